The van der Waals surface area contributed by atoms with E-state index in [1.54, 1.807) is 6.33 Å². The molecule has 0 atom stereocenters. The molecule has 2 aromatic rings. The van der Waals surface area contributed by atoms with Crippen molar-refractivity contribution in [3.8, 4) is 0 Å². The summed E-state index contributed by atoms with van der Waals surface area (Å²) in [4.78, 5) is 7.07. The number of aromatic amines is 1. The van der Waals surface area contributed by atoms with Crippen LogP contribution in [-0.4, -0.2) is 9.97 Å². The van der Waals surface area contributed by atoms with Gasteiger partial charge in [-0.3, -0.25) is 0 Å². The molecule has 0 saturated heterocycles. The summed E-state index contributed by atoms with van der Waals surface area (Å²) in [6.07, 6.45) is 1.70. The molecule has 2 rings (SSSR count). The van der Waals surface area contributed by atoms with Crippen molar-refractivity contribution in [3.63, 3.8) is 0 Å². The zero-order valence-corrected chi connectivity index (χ0v) is 8.54. The Morgan fingerprint density at radius 1 is 1.18 bits per heavy atom. The molecule has 1 aromatic heterocycles. The summed E-state index contributed by atoms with van der Waals surface area (Å²) in [6.45, 7) is 0. The standard InChI is InChI=1S/C7H6N2.H3N.Na/c1-2-4-7-6(3-1)8-5-9-7;;/h1-5H,(H,8,9);1H3;/q;;+1. The molecule has 1 aromatic carbocycles. The van der Waals surface area contributed by atoms with E-state index in [1.165, 1.54) is 0 Å². The Morgan fingerprint density at radius 3 is 2.64 bits per heavy atom. The van der Waals surface area contributed by atoms with Gasteiger partial charge in [0.1, 0.15) is 0 Å². The second-order valence-electron chi connectivity index (χ2n) is 1.92. The largest absolute Gasteiger partial charge is 1.00 e. The molecule has 1 heterocycles. The molecule has 4 N–H and O–H groups in total. The summed E-state index contributed by atoms with van der Waals surface area (Å²) in [5, 5.41) is 0. The van der Waals surface area contributed by atoms with Gasteiger partial charge in [0.25, 0.3) is 0 Å². The molecule has 0 amide bonds. The number of imidazole rings is 1. The van der Waals surface area contributed by atoms with E-state index < -0.39 is 0 Å². The van der Waals surface area contributed by atoms with E-state index in [-0.39, 0.29) is 35.7 Å². The number of hydrogen-bond acceptors (Lipinski definition) is 2. The quantitative estimate of drug-likeness (QED) is 0.469. The van der Waals surface area contributed by atoms with Crippen molar-refractivity contribution in [1.82, 2.24) is 16.1 Å². The van der Waals surface area contributed by atoms with Crippen LogP contribution in [0.2, 0.25) is 0 Å². The Morgan fingerprint density at radius 2 is 1.91 bits per heavy atom. The second-order valence-corrected chi connectivity index (χ2v) is 1.92. The summed E-state index contributed by atoms with van der Waals surface area (Å²) < 4.78 is 0. The fourth-order valence-electron chi connectivity index (χ4n) is 0.880. The minimum absolute atomic E-state index is 0. The molecule has 0 unspecified atom stereocenters. The van der Waals surface area contributed by atoms with Gasteiger partial charge in [0.15, 0.2) is 0 Å². The average molecular weight is 158 g/mol. The molecule has 0 radical (unpaired) electrons. The van der Waals surface area contributed by atoms with Crippen LogP contribution in [0.3, 0.4) is 0 Å². The molecular formula is C7H9N3Na+. The van der Waals surface area contributed by atoms with Gasteiger partial charge in [0.2, 0.25) is 0 Å². The molecule has 0 aliphatic rings. The van der Waals surface area contributed by atoms with Crippen LogP contribution in [0, 0.1) is 0 Å². The molecule has 52 valence electrons. The second kappa shape index (κ2) is 4.51. The van der Waals surface area contributed by atoms with E-state index in [0.717, 1.165) is 11.0 Å². The Bertz CT molecular complexity index is 288. The van der Waals surface area contributed by atoms with E-state index in [4.69, 9.17) is 0 Å². The van der Waals surface area contributed by atoms with Gasteiger partial charge in [-0.15, -0.1) is 0 Å². The van der Waals surface area contributed by atoms with E-state index in [1.807, 2.05) is 24.3 Å². The Hall–Kier alpha value is -0.350. The van der Waals surface area contributed by atoms with Crippen molar-refractivity contribution in [2.45, 2.75) is 0 Å². The van der Waals surface area contributed by atoms with E-state index in [0.29, 0.717) is 0 Å². The fraction of sp³-hybridized carbons (Fsp3) is 0. The fourth-order valence-corrected chi connectivity index (χ4v) is 0.880. The topological polar surface area (TPSA) is 63.7 Å². The number of H-pyrrole nitrogens is 1. The first-order valence-electron chi connectivity index (χ1n) is 2.85. The van der Waals surface area contributed by atoms with Crippen LogP contribution in [-0.2, 0) is 0 Å². The first-order chi connectivity index (χ1) is 4.47. The first kappa shape index (κ1) is 10.7. The first-order valence-corrected chi connectivity index (χ1v) is 2.85. The number of benzene rings is 1. The third kappa shape index (κ3) is 2.04. The number of hydrogen-bond donors (Lipinski definition) is 2. The van der Waals surface area contributed by atoms with Gasteiger partial charge in [-0.25, -0.2) is 4.98 Å². The van der Waals surface area contributed by atoms with Crippen molar-refractivity contribution in [1.29, 1.82) is 0 Å². The molecule has 0 aliphatic heterocycles. The van der Waals surface area contributed by atoms with Crippen molar-refractivity contribution in [2.75, 3.05) is 0 Å². The van der Waals surface area contributed by atoms with Gasteiger partial charge in [-0.05, 0) is 12.1 Å². The summed E-state index contributed by atoms with van der Waals surface area (Å²) in [7, 11) is 0. The van der Waals surface area contributed by atoms with Crippen LogP contribution in [0.15, 0.2) is 30.6 Å². The van der Waals surface area contributed by atoms with Crippen LogP contribution in [0.5, 0.6) is 0 Å². The van der Waals surface area contributed by atoms with Crippen molar-refractivity contribution < 1.29 is 29.6 Å². The third-order valence-corrected chi connectivity index (χ3v) is 1.33. The minimum Gasteiger partial charge on any atom is -0.345 e. The predicted molar refractivity (Wildman–Crippen MR) is 41.1 cm³/mol. The molecular weight excluding hydrogens is 149 g/mol. The molecule has 0 fully saturated rings. The SMILES string of the molecule is N.[Na+].c1ccc2[nH]cnc2c1. The predicted octanol–water partition coefficient (Wildman–Crippen LogP) is -1.27. The summed E-state index contributed by atoms with van der Waals surface area (Å²) >= 11 is 0. The van der Waals surface area contributed by atoms with Crippen LogP contribution in [0.1, 0.15) is 0 Å². The minimum atomic E-state index is 0. The van der Waals surface area contributed by atoms with Gasteiger partial charge in [-0.1, -0.05) is 12.1 Å². The maximum atomic E-state index is 4.06. The molecule has 4 heteroatoms. The van der Waals surface area contributed by atoms with Gasteiger partial charge in [-0.2, -0.15) is 0 Å². The van der Waals surface area contributed by atoms with Gasteiger partial charge in [0.05, 0.1) is 17.4 Å². The van der Waals surface area contributed by atoms with Gasteiger partial charge >= 0.3 is 29.6 Å². The van der Waals surface area contributed by atoms with Crippen LogP contribution in [0.4, 0.5) is 0 Å². The van der Waals surface area contributed by atoms with E-state index in [2.05, 4.69) is 9.97 Å². The normalized spacial score (nSPS) is 8.36. The number of nitrogens with one attached hydrogen (secondary N) is 1. The van der Waals surface area contributed by atoms with Gasteiger partial charge in [0, 0.05) is 0 Å². The molecule has 11 heavy (non-hydrogen) atoms. The van der Waals surface area contributed by atoms with Crippen LogP contribution in [0.25, 0.3) is 11.0 Å². The number of rotatable bonds is 0. The molecule has 0 bridgehead atoms. The summed E-state index contributed by atoms with van der Waals surface area (Å²) in [6, 6.07) is 7.94. The summed E-state index contributed by atoms with van der Waals surface area (Å²) in [5.41, 5.74) is 2.12. The van der Waals surface area contributed by atoms with Gasteiger partial charge < -0.3 is 11.1 Å². The van der Waals surface area contributed by atoms with Crippen molar-refractivity contribution in [3.05, 3.63) is 30.6 Å². The maximum Gasteiger partial charge on any atom is 1.00 e. The maximum absolute atomic E-state index is 4.06. The number of aromatic nitrogens is 2. The van der Waals surface area contributed by atoms with Crippen molar-refractivity contribution in [2.24, 2.45) is 0 Å². The summed E-state index contributed by atoms with van der Waals surface area (Å²) in [5.74, 6) is 0. The smallest absolute Gasteiger partial charge is 0.345 e. The monoisotopic (exact) mass is 158 g/mol. The Labute approximate surface area is 87.1 Å². The number of para-hydroxylation sites is 2. The van der Waals surface area contributed by atoms with E-state index in [9.17, 15) is 0 Å². The Kier molecular flexibility index (Phi) is 4.37. The zero-order valence-electron chi connectivity index (χ0n) is 6.54. The third-order valence-electron chi connectivity index (χ3n) is 1.33. The number of nitrogens with zero attached hydrogens (tertiary/aromatic N) is 1. The molecule has 3 nitrogen and oxygen atoms in total. The van der Waals surface area contributed by atoms with Crippen LogP contribution < -0.4 is 35.7 Å². The van der Waals surface area contributed by atoms with E-state index >= 15 is 0 Å². The number of fused-ring (bicyclic) bond motifs is 1. The molecule has 0 saturated carbocycles. The van der Waals surface area contributed by atoms with Crippen molar-refractivity contribution >= 4 is 11.0 Å². The van der Waals surface area contributed by atoms with Crippen LogP contribution >= 0.6 is 0 Å². The molecule has 0 aliphatic carbocycles. The molecule has 0 spiro atoms. The Balaban J connectivity index is 0.000000500. The average Bonchev–Trinajstić information content (AvgIpc) is 2.33. The zero-order chi connectivity index (χ0) is 6.10.